The SMILES string of the molecule is Cc1noc(C)c1S(=O)(=O)N1CCN(C(=O)c2cnccn2)CC1. The normalized spacial score (nSPS) is 16.3. The van der Waals surface area contributed by atoms with Gasteiger partial charge in [0.2, 0.25) is 10.0 Å². The highest BCUT2D eigenvalue weighted by molar-refractivity contribution is 7.89. The average molecular weight is 351 g/mol. The fraction of sp³-hybridized carbons (Fsp3) is 0.429. The third-order valence-electron chi connectivity index (χ3n) is 3.87. The van der Waals surface area contributed by atoms with Crippen molar-refractivity contribution in [1.29, 1.82) is 0 Å². The summed E-state index contributed by atoms with van der Waals surface area (Å²) in [5.41, 5.74) is 0.588. The number of amides is 1. The number of carbonyl (C=O) groups excluding carboxylic acids is 1. The lowest BCUT2D eigenvalue weighted by atomic mass is 10.3. The Morgan fingerprint density at radius 1 is 1.17 bits per heavy atom. The molecule has 2 aromatic rings. The topological polar surface area (TPSA) is 110 Å². The van der Waals surface area contributed by atoms with E-state index in [0.29, 0.717) is 5.69 Å². The zero-order valence-corrected chi connectivity index (χ0v) is 14.2. The molecule has 3 heterocycles. The van der Waals surface area contributed by atoms with E-state index in [9.17, 15) is 13.2 Å². The van der Waals surface area contributed by atoms with Crippen LogP contribution in [0.25, 0.3) is 0 Å². The summed E-state index contributed by atoms with van der Waals surface area (Å²) in [6.45, 7) is 4.16. The van der Waals surface area contributed by atoms with Crippen molar-refractivity contribution in [2.24, 2.45) is 0 Å². The summed E-state index contributed by atoms with van der Waals surface area (Å²) in [4.78, 5) is 21.9. The zero-order chi connectivity index (χ0) is 17.3. The number of hydrogen-bond acceptors (Lipinski definition) is 7. The van der Waals surface area contributed by atoms with Crippen molar-refractivity contribution >= 4 is 15.9 Å². The van der Waals surface area contributed by atoms with Crippen molar-refractivity contribution in [2.45, 2.75) is 18.7 Å². The van der Waals surface area contributed by atoms with Crippen molar-refractivity contribution < 1.29 is 17.7 Å². The first-order chi connectivity index (χ1) is 11.4. The molecule has 1 aliphatic heterocycles. The van der Waals surface area contributed by atoms with Gasteiger partial charge >= 0.3 is 0 Å². The lowest BCUT2D eigenvalue weighted by molar-refractivity contribution is 0.0691. The molecule has 1 fully saturated rings. The predicted octanol–water partition coefficient (Wildman–Crippen LogP) is 0.228. The fourth-order valence-corrected chi connectivity index (χ4v) is 4.39. The maximum Gasteiger partial charge on any atom is 0.274 e. The highest BCUT2D eigenvalue weighted by Gasteiger charge is 2.34. The molecule has 10 heteroatoms. The van der Waals surface area contributed by atoms with Gasteiger partial charge in [0.25, 0.3) is 5.91 Å². The van der Waals surface area contributed by atoms with Crippen molar-refractivity contribution in [3.05, 3.63) is 35.7 Å². The number of hydrogen-bond donors (Lipinski definition) is 0. The fourth-order valence-electron chi connectivity index (χ4n) is 2.68. The quantitative estimate of drug-likeness (QED) is 0.778. The molecule has 0 unspecified atom stereocenters. The molecule has 0 saturated carbocycles. The predicted molar refractivity (Wildman–Crippen MR) is 82.7 cm³/mol. The number of piperazine rings is 1. The number of aryl methyl sites for hydroxylation is 2. The summed E-state index contributed by atoms with van der Waals surface area (Å²) >= 11 is 0. The van der Waals surface area contributed by atoms with E-state index < -0.39 is 10.0 Å². The van der Waals surface area contributed by atoms with Gasteiger partial charge in [-0.1, -0.05) is 5.16 Å². The molecule has 0 aliphatic carbocycles. The van der Waals surface area contributed by atoms with E-state index in [1.807, 2.05) is 0 Å². The van der Waals surface area contributed by atoms with Crippen LogP contribution in [-0.2, 0) is 10.0 Å². The Bertz CT molecular complexity index is 822. The minimum atomic E-state index is -3.68. The Morgan fingerprint density at radius 3 is 2.42 bits per heavy atom. The molecule has 0 N–H and O–H groups in total. The average Bonchev–Trinajstić information content (AvgIpc) is 2.94. The minimum Gasteiger partial charge on any atom is -0.360 e. The molecule has 3 rings (SSSR count). The number of nitrogens with zero attached hydrogens (tertiary/aromatic N) is 5. The van der Waals surface area contributed by atoms with Crippen LogP contribution >= 0.6 is 0 Å². The van der Waals surface area contributed by atoms with Crippen LogP contribution in [0.5, 0.6) is 0 Å². The number of rotatable bonds is 3. The van der Waals surface area contributed by atoms with Crippen molar-refractivity contribution in [1.82, 2.24) is 24.3 Å². The second kappa shape index (κ2) is 6.29. The van der Waals surface area contributed by atoms with Crippen molar-refractivity contribution in [3.8, 4) is 0 Å². The summed E-state index contributed by atoms with van der Waals surface area (Å²) in [6.07, 6.45) is 4.34. The molecule has 0 spiro atoms. The van der Waals surface area contributed by atoms with Gasteiger partial charge in [-0.15, -0.1) is 0 Å². The van der Waals surface area contributed by atoms with Gasteiger partial charge in [0.05, 0.1) is 6.20 Å². The van der Waals surface area contributed by atoms with Gasteiger partial charge in [-0.05, 0) is 13.8 Å². The Labute approximate surface area is 139 Å². The van der Waals surface area contributed by atoms with Gasteiger partial charge < -0.3 is 9.42 Å². The second-order valence-corrected chi connectivity index (χ2v) is 7.32. The molecule has 128 valence electrons. The molecule has 24 heavy (non-hydrogen) atoms. The molecular weight excluding hydrogens is 334 g/mol. The number of aromatic nitrogens is 3. The van der Waals surface area contributed by atoms with Gasteiger partial charge in [-0.3, -0.25) is 9.78 Å². The van der Waals surface area contributed by atoms with Crippen molar-refractivity contribution in [3.63, 3.8) is 0 Å². The second-order valence-electron chi connectivity index (χ2n) is 5.44. The van der Waals surface area contributed by atoms with E-state index in [1.165, 1.54) is 22.9 Å². The van der Waals surface area contributed by atoms with Gasteiger partial charge in [-0.25, -0.2) is 13.4 Å². The number of carbonyl (C=O) groups is 1. The summed E-state index contributed by atoms with van der Waals surface area (Å²) in [7, 11) is -3.68. The highest BCUT2D eigenvalue weighted by Crippen LogP contribution is 2.24. The standard InChI is InChI=1S/C14H17N5O4S/c1-10-13(11(2)23-17-10)24(21,22)19-7-5-18(6-8-19)14(20)12-9-15-3-4-16-12/h3-4,9H,5-8H2,1-2H3. The lowest BCUT2D eigenvalue weighted by Gasteiger charge is -2.33. The van der Waals surface area contributed by atoms with E-state index >= 15 is 0 Å². The van der Waals surface area contributed by atoms with Gasteiger partial charge in [0.1, 0.15) is 16.3 Å². The molecule has 1 saturated heterocycles. The van der Waals surface area contributed by atoms with Gasteiger partial charge in [-0.2, -0.15) is 4.31 Å². The minimum absolute atomic E-state index is 0.108. The van der Waals surface area contributed by atoms with Crippen LogP contribution in [0.4, 0.5) is 0 Å². The first kappa shape index (κ1) is 16.5. The largest absolute Gasteiger partial charge is 0.360 e. The maximum atomic E-state index is 12.7. The molecule has 9 nitrogen and oxygen atoms in total. The molecule has 0 aromatic carbocycles. The Kier molecular flexibility index (Phi) is 4.33. The third-order valence-corrected chi connectivity index (χ3v) is 6.02. The van der Waals surface area contributed by atoms with Crippen molar-refractivity contribution in [2.75, 3.05) is 26.2 Å². The van der Waals surface area contributed by atoms with Crippen LogP contribution in [0.3, 0.4) is 0 Å². The Balaban J connectivity index is 1.72. The van der Waals surface area contributed by atoms with Crippen LogP contribution in [-0.4, -0.2) is 64.8 Å². The van der Waals surface area contributed by atoms with Gasteiger partial charge in [0, 0.05) is 38.6 Å². The Morgan fingerprint density at radius 2 is 1.88 bits per heavy atom. The summed E-state index contributed by atoms with van der Waals surface area (Å²) in [6, 6.07) is 0. The smallest absolute Gasteiger partial charge is 0.274 e. The first-order valence-corrected chi connectivity index (χ1v) is 8.83. The van der Waals surface area contributed by atoms with E-state index in [1.54, 1.807) is 18.7 Å². The summed E-state index contributed by atoms with van der Waals surface area (Å²) < 4.78 is 31.8. The molecule has 2 aromatic heterocycles. The molecule has 0 atom stereocenters. The van der Waals surface area contributed by atoms with Crippen LogP contribution in [0.1, 0.15) is 21.9 Å². The molecule has 0 radical (unpaired) electrons. The van der Waals surface area contributed by atoms with E-state index in [-0.39, 0.29) is 48.4 Å². The Hall–Kier alpha value is -2.33. The maximum absolute atomic E-state index is 12.7. The highest BCUT2D eigenvalue weighted by atomic mass is 32.2. The monoisotopic (exact) mass is 351 g/mol. The number of sulfonamides is 1. The third kappa shape index (κ3) is 2.89. The van der Waals surface area contributed by atoms with Crippen LogP contribution in [0.15, 0.2) is 28.0 Å². The lowest BCUT2D eigenvalue weighted by Crippen LogP contribution is -2.50. The summed E-state index contributed by atoms with van der Waals surface area (Å²) in [5, 5.41) is 3.70. The van der Waals surface area contributed by atoms with Crippen LogP contribution in [0, 0.1) is 13.8 Å². The molecule has 1 aliphatic rings. The van der Waals surface area contributed by atoms with E-state index in [0.717, 1.165) is 0 Å². The van der Waals surface area contributed by atoms with Gasteiger partial charge in [0.15, 0.2) is 5.76 Å². The van der Waals surface area contributed by atoms with Crippen LogP contribution < -0.4 is 0 Å². The van der Waals surface area contributed by atoms with E-state index in [4.69, 9.17) is 4.52 Å². The molecule has 0 bridgehead atoms. The molecule has 1 amide bonds. The van der Waals surface area contributed by atoms with E-state index in [2.05, 4.69) is 15.1 Å². The first-order valence-electron chi connectivity index (χ1n) is 7.39. The summed E-state index contributed by atoms with van der Waals surface area (Å²) in [5.74, 6) is 0.0167. The zero-order valence-electron chi connectivity index (χ0n) is 13.3. The molecular formula is C14H17N5O4S. The van der Waals surface area contributed by atoms with Crippen LogP contribution in [0.2, 0.25) is 0 Å².